The largest absolute Gasteiger partial charge is 0.498 e. The van der Waals surface area contributed by atoms with Crippen LogP contribution in [0, 0.1) is 11.8 Å². The Hall–Kier alpha value is -5.35. The van der Waals surface area contributed by atoms with Crippen molar-refractivity contribution in [2.75, 3.05) is 73.9 Å². The summed E-state index contributed by atoms with van der Waals surface area (Å²) >= 11 is 6.10. The van der Waals surface area contributed by atoms with Crippen molar-refractivity contribution in [1.29, 1.82) is 0 Å². The van der Waals surface area contributed by atoms with E-state index in [-0.39, 0.29) is 28.4 Å². The van der Waals surface area contributed by atoms with Gasteiger partial charge in [0.25, 0.3) is 0 Å². The Morgan fingerprint density at radius 2 is 1.08 bits per heavy atom. The third-order valence-corrected chi connectivity index (χ3v) is 12.1. The first-order valence-corrected chi connectivity index (χ1v) is 21.6. The number of nitrogens with two attached hydrogens (primary N) is 2. The van der Waals surface area contributed by atoms with Gasteiger partial charge in [-0.05, 0) is 76.8 Å². The third-order valence-electron chi connectivity index (χ3n) is 11.9. The fourth-order valence-corrected chi connectivity index (χ4v) is 7.44. The van der Waals surface area contributed by atoms with Gasteiger partial charge in [0.1, 0.15) is 0 Å². The molecule has 3 aliphatic heterocycles. The van der Waals surface area contributed by atoms with Crippen LogP contribution in [-0.4, -0.2) is 130 Å². The van der Waals surface area contributed by atoms with Crippen LogP contribution >= 0.6 is 11.6 Å². The minimum absolute atomic E-state index is 0.238. The molecule has 6 aromatic heterocycles. The fourth-order valence-electron chi connectivity index (χ4n) is 7.28. The van der Waals surface area contributed by atoms with Gasteiger partial charge >= 0.3 is 7.12 Å². The number of rotatable bonds is 8. The van der Waals surface area contributed by atoms with E-state index in [9.17, 15) is 0 Å². The molecule has 2 aliphatic carbocycles. The molecular weight excluding hydrogens is 815 g/mol. The summed E-state index contributed by atoms with van der Waals surface area (Å²) in [6.07, 6.45) is 15.5. The van der Waals surface area contributed by atoms with Gasteiger partial charge in [0.05, 0.1) is 55.8 Å². The van der Waals surface area contributed by atoms with Gasteiger partial charge in [-0.1, -0.05) is 0 Å². The molecule has 0 atom stereocenters. The zero-order chi connectivity index (χ0) is 43.0. The lowest BCUT2D eigenvalue weighted by molar-refractivity contribution is 0.00578. The number of imidazole rings is 2. The Balaban J connectivity index is 0.000000123. The Morgan fingerprint density at radius 3 is 1.56 bits per heavy atom. The first-order valence-electron chi connectivity index (χ1n) is 21.2. The van der Waals surface area contributed by atoms with E-state index in [0.717, 1.165) is 96.1 Å². The number of hydrogen-bond acceptors (Lipinski definition) is 18. The highest BCUT2D eigenvalue weighted by Crippen LogP contribution is 2.37. The second-order valence-corrected chi connectivity index (χ2v) is 17.5. The van der Waals surface area contributed by atoms with Gasteiger partial charge in [-0.15, -0.1) is 0 Å². The van der Waals surface area contributed by atoms with Crippen molar-refractivity contribution in [2.24, 2.45) is 11.8 Å². The molecule has 0 bridgehead atoms. The van der Waals surface area contributed by atoms with E-state index in [1.54, 1.807) is 24.8 Å². The molecule has 0 radical (unpaired) electrons. The summed E-state index contributed by atoms with van der Waals surface area (Å²) in [7, 11) is -0.425. The summed E-state index contributed by atoms with van der Waals surface area (Å²) in [4.78, 5) is 47.9. The van der Waals surface area contributed by atoms with Crippen molar-refractivity contribution in [3.05, 3.63) is 42.7 Å². The van der Waals surface area contributed by atoms with E-state index in [4.69, 9.17) is 51.8 Å². The van der Waals surface area contributed by atoms with E-state index in [0.29, 0.717) is 32.3 Å². The van der Waals surface area contributed by atoms with Crippen LogP contribution in [-0.2, 0) is 31.9 Å². The second-order valence-electron chi connectivity index (χ2n) is 17.2. The number of hydrogen-bond donors (Lipinski definition) is 2. The molecule has 9 heterocycles. The zero-order valence-electron chi connectivity index (χ0n) is 35.5. The number of halogens is 1. The number of nitrogens with zero attached hydrogens (tertiary/aromatic N) is 14. The maximum atomic E-state index is 6.10. The number of fused-ring (bicyclic) bond motifs is 2. The van der Waals surface area contributed by atoms with Crippen LogP contribution in [0.2, 0.25) is 5.28 Å². The molecule has 4 N–H and O–H groups in total. The number of nitrogen functional groups attached to an aromatic ring is 2. The second kappa shape index (κ2) is 17.4. The molecule has 20 nitrogen and oxygen atoms in total. The predicted octanol–water partition coefficient (Wildman–Crippen LogP) is 3.20. The van der Waals surface area contributed by atoms with Gasteiger partial charge in [0.2, 0.25) is 17.2 Å². The minimum atomic E-state index is -0.425. The van der Waals surface area contributed by atoms with Gasteiger partial charge in [-0.2, -0.15) is 9.97 Å². The smallest absolute Gasteiger partial charge is 0.399 e. The van der Waals surface area contributed by atoms with Gasteiger partial charge in [-0.3, -0.25) is 0 Å². The minimum Gasteiger partial charge on any atom is -0.399 e. The number of morpholine rings is 2. The molecule has 11 rings (SSSR count). The number of anilines is 4. The van der Waals surface area contributed by atoms with Gasteiger partial charge in [0, 0.05) is 69.5 Å². The maximum Gasteiger partial charge on any atom is 0.498 e. The monoisotopic (exact) mass is 866 g/mol. The molecule has 0 aromatic carbocycles. The Labute approximate surface area is 364 Å². The third kappa shape index (κ3) is 9.36. The van der Waals surface area contributed by atoms with Crippen LogP contribution < -0.4 is 26.7 Å². The van der Waals surface area contributed by atoms with Gasteiger partial charge in [0.15, 0.2) is 39.8 Å². The van der Waals surface area contributed by atoms with Gasteiger partial charge in [-0.25, -0.2) is 39.9 Å². The quantitative estimate of drug-likeness (QED) is 0.165. The molecule has 22 heteroatoms. The summed E-state index contributed by atoms with van der Waals surface area (Å²) in [5, 5.41) is 0.288. The highest BCUT2D eigenvalue weighted by Gasteiger charge is 2.52. The molecule has 2 saturated carbocycles. The lowest BCUT2D eigenvalue weighted by atomic mass is 9.81. The fraction of sp³-hybridized carbons (Fsp3) is 0.550. The van der Waals surface area contributed by atoms with Crippen molar-refractivity contribution in [1.82, 2.24) is 59.0 Å². The Kier molecular flexibility index (Phi) is 11.8. The SMILES string of the molecule is CC1(C)OB(c2cnc(N)nc2)OC1(C)C.Clc1nc(N2CCOCC2)c2ncn(CC3CC3)c2n1.Nc1ncc(-c2nc(N3CCOCC3)c3ncn(CC4CC4)c3n2)cn1. The first kappa shape index (κ1) is 42.0. The highest BCUT2D eigenvalue weighted by atomic mass is 35.5. The number of aromatic nitrogens is 12. The van der Waals surface area contributed by atoms with Crippen LogP contribution in [0.4, 0.5) is 23.5 Å². The van der Waals surface area contributed by atoms with Crippen LogP contribution in [0.25, 0.3) is 33.7 Å². The predicted molar refractivity (Wildman–Crippen MR) is 235 cm³/mol. The van der Waals surface area contributed by atoms with Crippen molar-refractivity contribution in [3.63, 3.8) is 0 Å². The molecule has 3 saturated heterocycles. The van der Waals surface area contributed by atoms with E-state index in [1.165, 1.54) is 25.7 Å². The van der Waals surface area contributed by atoms with Crippen molar-refractivity contribution in [3.8, 4) is 11.4 Å². The summed E-state index contributed by atoms with van der Waals surface area (Å²) in [6, 6.07) is 0. The topological polar surface area (TPSA) is 234 Å². The molecule has 0 amide bonds. The summed E-state index contributed by atoms with van der Waals surface area (Å²) in [6.45, 7) is 16.0. The zero-order valence-corrected chi connectivity index (χ0v) is 36.3. The van der Waals surface area contributed by atoms with Gasteiger partial charge < -0.3 is 49.2 Å². The highest BCUT2D eigenvalue weighted by molar-refractivity contribution is 6.61. The molecule has 5 fully saturated rings. The average Bonchev–Trinajstić information content (AvgIpc) is 4.18. The summed E-state index contributed by atoms with van der Waals surface area (Å²) in [5.41, 5.74) is 15.3. The summed E-state index contributed by atoms with van der Waals surface area (Å²) < 4.78 is 26.8. The lowest BCUT2D eigenvalue weighted by Crippen LogP contribution is -2.41. The van der Waals surface area contributed by atoms with Crippen LogP contribution in [0.3, 0.4) is 0 Å². The van der Waals surface area contributed by atoms with Crippen LogP contribution in [0.5, 0.6) is 0 Å². The van der Waals surface area contributed by atoms with E-state index in [1.807, 2.05) is 40.3 Å². The van der Waals surface area contributed by atoms with Crippen LogP contribution in [0.15, 0.2) is 37.4 Å². The Bertz CT molecular complexity index is 2470. The normalized spacial score (nSPS) is 19.6. The lowest BCUT2D eigenvalue weighted by Gasteiger charge is -2.32. The van der Waals surface area contributed by atoms with Crippen molar-refractivity contribution >= 4 is 70.0 Å². The molecule has 6 aromatic rings. The molecule has 0 unspecified atom stereocenters. The first-order chi connectivity index (χ1) is 29.9. The van der Waals surface area contributed by atoms with Crippen molar-refractivity contribution < 1.29 is 18.8 Å². The van der Waals surface area contributed by atoms with E-state index < -0.39 is 7.12 Å². The molecule has 62 heavy (non-hydrogen) atoms. The molecular formula is C40H52BClN16O4. The standard InChI is InChI=1S/C17H20N8O.C13H16ClN5O.C10H16BN3O2/c18-17-19-7-12(8-20-17)14-22-15(24-3-5-26-6-4-24)13-16(23-14)25(10-21-13)9-11-1-2-11;14-13-16-11(18-3-5-20-6-4-18)10-12(17-13)19(8-15-10)7-9-1-2-9;1-9(2)10(3,4)16-11(15-9)7-5-13-8(12)14-6-7/h7-8,10-11H,1-6,9H2,(H2,18,19,20);8-9H,1-7H2;5-6H,1-4H3,(H2,12,13,14). The molecule has 5 aliphatic rings. The summed E-state index contributed by atoms with van der Waals surface area (Å²) in [5.74, 6) is 4.27. The van der Waals surface area contributed by atoms with E-state index >= 15 is 0 Å². The van der Waals surface area contributed by atoms with Crippen molar-refractivity contribution in [2.45, 2.75) is 77.7 Å². The van der Waals surface area contributed by atoms with E-state index in [2.05, 4.69) is 58.8 Å². The number of ether oxygens (including phenoxy) is 2. The molecule has 0 spiro atoms. The Morgan fingerprint density at radius 1 is 0.629 bits per heavy atom. The van der Waals surface area contributed by atoms with Crippen LogP contribution in [0.1, 0.15) is 53.4 Å². The molecule has 326 valence electrons. The average molecular weight is 867 g/mol. The maximum absolute atomic E-state index is 6.10.